The summed E-state index contributed by atoms with van der Waals surface area (Å²) in [6, 6.07) is 18.3. The van der Waals surface area contributed by atoms with Gasteiger partial charge in [0, 0.05) is 58.6 Å². The first-order chi connectivity index (χ1) is 25.8. The van der Waals surface area contributed by atoms with Gasteiger partial charge in [-0.05, 0) is 58.5 Å². The standard InChI is InChI=1S/C18H19BN6O.C14H10N5O.C4H10BN.CH3I.CH4.2H2S.W/c1-9(2)16(19)23-15-13(17-20-10-6-4-5-7-11(10)21-17)18(26)22-12-8-25(3)24-14(12)15;1-19-7-12-11(18-19)6-8(14(20)17-12)13-15-9-4-2-3-5-10(9)16-13;1-3(2)4(5)6;1-2;;;;/h4-9,16,23H,1-3H3,(H,20,21)(H,22,26);2-5,7H,1H3,(H,15,16)(H,17,20);3-4H,6H2,1-2H3;1H3;1H4;2*1H2;/q;-1;;;;;;. The van der Waals surface area contributed by atoms with Crippen molar-refractivity contribution in [2.75, 3.05) is 10.2 Å². The van der Waals surface area contributed by atoms with E-state index in [0.717, 1.165) is 22.1 Å². The molecule has 306 valence electrons. The molecule has 0 bridgehead atoms. The first-order valence-corrected chi connectivity index (χ1v) is 19.3. The van der Waals surface area contributed by atoms with Gasteiger partial charge in [-0.2, -0.15) is 37.2 Å². The van der Waals surface area contributed by atoms with Crippen molar-refractivity contribution in [3.8, 4) is 22.8 Å². The Labute approximate surface area is 382 Å². The monoisotopic (exact) mass is 1100 g/mol. The van der Waals surface area contributed by atoms with E-state index in [-0.39, 0.29) is 84.4 Å². The largest absolute Gasteiger partial charge is 0.399 e. The number of alkyl halides is 1. The van der Waals surface area contributed by atoms with Gasteiger partial charge in [-0.3, -0.25) is 19.1 Å². The van der Waals surface area contributed by atoms with Crippen LogP contribution in [0.25, 0.3) is 66.9 Å². The summed E-state index contributed by atoms with van der Waals surface area (Å²) in [5, 5.41) is 12.0. The fourth-order valence-electron chi connectivity index (χ4n) is 5.22. The summed E-state index contributed by atoms with van der Waals surface area (Å²) in [4.78, 5) is 48.0. The molecule has 0 aliphatic heterocycles. The van der Waals surface area contributed by atoms with E-state index in [1.807, 2.05) is 88.2 Å². The van der Waals surface area contributed by atoms with Crippen LogP contribution >= 0.6 is 49.6 Å². The summed E-state index contributed by atoms with van der Waals surface area (Å²) in [6.45, 7) is 8.01. The number of H-pyrrole nitrogens is 4. The van der Waals surface area contributed by atoms with E-state index in [0.29, 0.717) is 56.4 Å². The predicted octanol–water partition coefficient (Wildman–Crippen LogP) is 5.98. The Hall–Kier alpha value is -3.77. The number of rotatable bonds is 6. The van der Waals surface area contributed by atoms with Gasteiger partial charge >= 0.3 is 0 Å². The van der Waals surface area contributed by atoms with Gasteiger partial charge in [-0.15, -0.1) is 6.07 Å². The Morgan fingerprint density at radius 1 is 0.741 bits per heavy atom. The van der Waals surface area contributed by atoms with E-state index < -0.39 is 0 Å². The third kappa shape index (κ3) is 12.1. The Kier molecular flexibility index (Phi) is 20.8. The third-order valence-corrected chi connectivity index (χ3v) is 8.39. The average molecular weight is 1100 g/mol. The number of nitrogens with two attached hydrogens (primary N) is 1. The van der Waals surface area contributed by atoms with Crippen LogP contribution in [0.3, 0.4) is 0 Å². The second-order valence-electron chi connectivity index (χ2n) is 13.2. The number of aryl methyl sites for hydroxylation is 2. The fourth-order valence-corrected chi connectivity index (χ4v) is 5.22. The predicted molar refractivity (Wildman–Crippen MR) is 256 cm³/mol. The number of nitrogens with one attached hydrogen (secondary N) is 5. The smallest absolute Gasteiger partial charge is 0.261 e. The molecule has 8 aromatic rings. The van der Waals surface area contributed by atoms with E-state index in [1.165, 1.54) is 0 Å². The van der Waals surface area contributed by atoms with Gasteiger partial charge in [0.15, 0.2) is 5.56 Å². The molecule has 6 aromatic heterocycles. The van der Waals surface area contributed by atoms with Crippen LogP contribution in [0.1, 0.15) is 35.1 Å². The SMILES string of the molecule is C.CI.Cn1cc2[nH]c(=O)c(-c3nc4ccccc4[nH]3)[c-]c2n1.S.S.[B]C(N)C(C)C.[B]C(Nc1c(-c2nc3ccccc3[nH]2)c(=O)[nH]c2cn(C)nc12)C(C)C.[W]. The Balaban J connectivity index is 0.000000471. The van der Waals surface area contributed by atoms with E-state index in [9.17, 15) is 9.59 Å². The molecule has 0 amide bonds. The summed E-state index contributed by atoms with van der Waals surface area (Å²) in [7, 11) is 15.1. The van der Waals surface area contributed by atoms with Crippen LogP contribution in [0.15, 0.2) is 70.5 Å². The molecule has 2 aromatic carbocycles. The molecule has 0 saturated heterocycles. The Morgan fingerprint density at radius 3 is 1.76 bits per heavy atom. The first-order valence-electron chi connectivity index (χ1n) is 17.2. The van der Waals surface area contributed by atoms with Gasteiger partial charge in [0.1, 0.15) is 16.9 Å². The van der Waals surface area contributed by atoms with E-state index in [1.54, 1.807) is 28.8 Å². The van der Waals surface area contributed by atoms with Crippen molar-refractivity contribution in [3.05, 3.63) is 87.7 Å². The van der Waals surface area contributed by atoms with Crippen molar-refractivity contribution in [2.45, 2.75) is 47.0 Å². The molecular weight excluding hydrogens is 1050 g/mol. The van der Waals surface area contributed by atoms with Crippen LogP contribution in [-0.2, 0) is 35.2 Å². The van der Waals surface area contributed by atoms with Gasteiger partial charge in [0.25, 0.3) is 5.56 Å². The molecule has 2 unspecified atom stereocenters. The summed E-state index contributed by atoms with van der Waals surface area (Å²) >= 11 is 2.15. The summed E-state index contributed by atoms with van der Waals surface area (Å²) in [5.74, 6) is 1.09. The maximum absolute atomic E-state index is 12.9. The number of fused-ring (bicyclic) bond motifs is 4. The second-order valence-corrected chi connectivity index (χ2v) is 13.2. The van der Waals surface area contributed by atoms with Gasteiger partial charge in [0.2, 0.25) is 0 Å². The Bertz CT molecular complexity index is 2560. The van der Waals surface area contributed by atoms with Crippen LogP contribution in [-0.4, -0.2) is 82.0 Å². The molecule has 7 N–H and O–H groups in total. The van der Waals surface area contributed by atoms with Crippen LogP contribution < -0.4 is 22.2 Å². The van der Waals surface area contributed by atoms with Gasteiger partial charge in [-0.1, -0.05) is 82.0 Å². The van der Waals surface area contributed by atoms with Gasteiger partial charge in [-0.25, -0.2) is 4.98 Å². The Morgan fingerprint density at radius 2 is 1.22 bits per heavy atom. The molecule has 6 heterocycles. The van der Waals surface area contributed by atoms with E-state index >= 15 is 0 Å². The molecule has 20 heteroatoms. The number of benzene rings is 2. The molecule has 2 atom stereocenters. The van der Waals surface area contributed by atoms with Crippen molar-refractivity contribution in [1.29, 1.82) is 0 Å². The number of imidazole rings is 2. The topological polar surface area (TPSA) is 197 Å². The zero-order chi connectivity index (χ0) is 39.3. The quantitative estimate of drug-likeness (QED) is 0.0507. The molecule has 0 aliphatic carbocycles. The van der Waals surface area contributed by atoms with Gasteiger partial charge in [0.05, 0.1) is 54.8 Å². The number of anilines is 1. The zero-order valence-corrected chi connectivity index (χ0v) is 39.7. The maximum atomic E-state index is 12.9. The molecular formula is C38H50B2IN12O2S2W-. The average Bonchev–Trinajstić information content (AvgIpc) is 3.92. The summed E-state index contributed by atoms with van der Waals surface area (Å²) in [5.41, 5.74) is 12.0. The van der Waals surface area contributed by atoms with Crippen molar-refractivity contribution in [1.82, 2.24) is 49.5 Å². The van der Waals surface area contributed by atoms with Crippen LogP contribution in [0, 0.1) is 17.9 Å². The van der Waals surface area contributed by atoms with E-state index in [2.05, 4.69) is 74.1 Å². The number of aromatic nitrogens is 10. The fraction of sp³-hybridized carbons (Fsp3) is 0.316. The van der Waals surface area contributed by atoms with Crippen molar-refractivity contribution < 1.29 is 21.1 Å². The molecule has 58 heavy (non-hydrogen) atoms. The van der Waals surface area contributed by atoms with Crippen molar-refractivity contribution in [3.63, 3.8) is 0 Å². The minimum atomic E-state index is -0.329. The molecule has 8 rings (SSSR count). The minimum absolute atomic E-state index is 0. The van der Waals surface area contributed by atoms with Crippen LogP contribution in [0.5, 0.6) is 0 Å². The van der Waals surface area contributed by atoms with Gasteiger partial charge < -0.3 is 35.8 Å². The van der Waals surface area contributed by atoms with Crippen LogP contribution in [0.4, 0.5) is 5.69 Å². The molecule has 0 fully saturated rings. The molecule has 14 nitrogen and oxygen atoms in total. The number of aromatic amines is 4. The molecule has 4 radical (unpaired) electrons. The number of hydrogen-bond acceptors (Lipinski definition) is 8. The molecule has 0 spiro atoms. The number of nitrogens with zero attached hydrogens (tertiary/aromatic N) is 6. The van der Waals surface area contributed by atoms with Crippen molar-refractivity contribution >= 4 is 115 Å². The molecule has 0 aliphatic rings. The normalized spacial score (nSPS) is 11.4. The third-order valence-electron chi connectivity index (χ3n) is 8.39. The van der Waals surface area contributed by atoms with Crippen LogP contribution in [0.2, 0.25) is 0 Å². The zero-order valence-electron chi connectivity index (χ0n) is 32.6. The first kappa shape index (κ1) is 52.2. The number of hydrogen-bond donors (Lipinski definition) is 6. The van der Waals surface area contributed by atoms with E-state index in [4.69, 9.17) is 21.4 Å². The second kappa shape index (κ2) is 23.1. The summed E-state index contributed by atoms with van der Waals surface area (Å²) in [6.07, 6.45) is 3.51. The molecule has 0 saturated carbocycles. The maximum Gasteiger partial charge on any atom is 0.261 e. The number of pyridine rings is 2. The number of para-hydroxylation sites is 4. The minimum Gasteiger partial charge on any atom is -0.399 e. The summed E-state index contributed by atoms with van der Waals surface area (Å²) < 4.78 is 3.30. The van der Waals surface area contributed by atoms with Crippen molar-refractivity contribution in [2.24, 2.45) is 31.7 Å². The number of halogens is 1.